The van der Waals surface area contributed by atoms with Crippen LogP contribution in [0.3, 0.4) is 0 Å². The second-order valence-corrected chi connectivity index (χ2v) is 4.72. The summed E-state index contributed by atoms with van der Waals surface area (Å²) in [4.78, 5) is 11.7. The van der Waals surface area contributed by atoms with Gasteiger partial charge in [-0.3, -0.25) is 4.79 Å². The van der Waals surface area contributed by atoms with Crippen LogP contribution in [0.5, 0.6) is 0 Å². The Balaban J connectivity index is 2.64. The predicted molar refractivity (Wildman–Crippen MR) is 47.8 cm³/mol. The Kier molecular flexibility index (Phi) is 2.57. The standard InChI is InChI=1S/C10H18O2/c1-10(2,3)9(12)7-5-4-6-8(7)11/h7-8,11H,4-6H2,1-3H3/t7-,8-/m0/s1. The largest absolute Gasteiger partial charge is 0.392 e. The summed E-state index contributed by atoms with van der Waals surface area (Å²) < 4.78 is 0. The van der Waals surface area contributed by atoms with Gasteiger partial charge < -0.3 is 5.11 Å². The Morgan fingerprint density at radius 2 is 1.92 bits per heavy atom. The fourth-order valence-corrected chi connectivity index (χ4v) is 1.80. The number of aliphatic hydroxyl groups excluding tert-OH is 1. The topological polar surface area (TPSA) is 37.3 Å². The molecule has 2 nitrogen and oxygen atoms in total. The van der Waals surface area contributed by atoms with Crippen molar-refractivity contribution in [1.29, 1.82) is 0 Å². The molecule has 0 saturated heterocycles. The van der Waals surface area contributed by atoms with Gasteiger partial charge in [-0.2, -0.15) is 0 Å². The van der Waals surface area contributed by atoms with Crippen molar-refractivity contribution in [2.45, 2.75) is 46.1 Å². The summed E-state index contributed by atoms with van der Waals surface area (Å²) in [5, 5.41) is 9.50. The van der Waals surface area contributed by atoms with E-state index in [1.165, 1.54) is 0 Å². The Bertz CT molecular complexity index is 179. The van der Waals surface area contributed by atoms with Gasteiger partial charge in [-0.05, 0) is 12.8 Å². The van der Waals surface area contributed by atoms with Crippen LogP contribution in [0.4, 0.5) is 0 Å². The smallest absolute Gasteiger partial charge is 0.143 e. The summed E-state index contributed by atoms with van der Waals surface area (Å²) in [7, 11) is 0. The van der Waals surface area contributed by atoms with Gasteiger partial charge in [0.05, 0.1) is 6.10 Å². The molecule has 0 radical (unpaired) electrons. The fraction of sp³-hybridized carbons (Fsp3) is 0.900. The Morgan fingerprint density at radius 3 is 2.25 bits per heavy atom. The SMILES string of the molecule is CC(C)(C)C(=O)[C@H]1CCC[C@@H]1O. The van der Waals surface area contributed by atoms with Gasteiger partial charge in [0, 0.05) is 11.3 Å². The first-order valence-corrected chi connectivity index (χ1v) is 4.65. The number of hydrogen-bond acceptors (Lipinski definition) is 2. The highest BCUT2D eigenvalue weighted by Gasteiger charge is 2.36. The van der Waals surface area contributed by atoms with Crippen molar-refractivity contribution >= 4 is 5.78 Å². The highest BCUT2D eigenvalue weighted by atomic mass is 16.3. The number of rotatable bonds is 1. The van der Waals surface area contributed by atoms with Crippen molar-refractivity contribution in [2.75, 3.05) is 0 Å². The molecule has 0 spiro atoms. The van der Waals surface area contributed by atoms with Crippen LogP contribution in [0.1, 0.15) is 40.0 Å². The zero-order valence-electron chi connectivity index (χ0n) is 8.13. The molecule has 0 aromatic heterocycles. The van der Waals surface area contributed by atoms with Gasteiger partial charge in [-0.25, -0.2) is 0 Å². The number of carbonyl (C=O) groups is 1. The van der Waals surface area contributed by atoms with Gasteiger partial charge in [-0.1, -0.05) is 27.2 Å². The minimum atomic E-state index is -0.378. The van der Waals surface area contributed by atoms with Gasteiger partial charge in [0.2, 0.25) is 0 Å². The minimum Gasteiger partial charge on any atom is -0.392 e. The minimum absolute atomic E-state index is 0.0926. The van der Waals surface area contributed by atoms with E-state index in [0.717, 1.165) is 19.3 Å². The third-order valence-corrected chi connectivity index (χ3v) is 2.56. The average Bonchev–Trinajstić information content (AvgIpc) is 2.31. The molecule has 70 valence electrons. The lowest BCUT2D eigenvalue weighted by Crippen LogP contribution is -2.32. The molecule has 0 amide bonds. The third-order valence-electron chi connectivity index (χ3n) is 2.56. The first-order chi connectivity index (χ1) is 5.43. The van der Waals surface area contributed by atoms with E-state index < -0.39 is 0 Å². The lowest BCUT2D eigenvalue weighted by Gasteiger charge is -2.23. The molecule has 0 aromatic carbocycles. The molecule has 1 rings (SSSR count). The van der Waals surface area contributed by atoms with Gasteiger partial charge in [-0.15, -0.1) is 0 Å². The van der Waals surface area contributed by atoms with Crippen LogP contribution in [0.2, 0.25) is 0 Å². The van der Waals surface area contributed by atoms with E-state index in [2.05, 4.69) is 0 Å². The molecule has 12 heavy (non-hydrogen) atoms. The summed E-state index contributed by atoms with van der Waals surface area (Å²) in [6.07, 6.45) is 2.29. The molecule has 1 aliphatic carbocycles. The molecule has 0 heterocycles. The lowest BCUT2D eigenvalue weighted by molar-refractivity contribution is -0.133. The third kappa shape index (κ3) is 1.86. The zero-order valence-corrected chi connectivity index (χ0v) is 8.13. The van der Waals surface area contributed by atoms with E-state index in [4.69, 9.17) is 0 Å². The highest BCUT2D eigenvalue weighted by Crippen LogP contribution is 2.32. The van der Waals surface area contributed by atoms with Crippen LogP contribution in [-0.4, -0.2) is 17.0 Å². The molecular weight excluding hydrogens is 152 g/mol. The van der Waals surface area contributed by atoms with Crippen LogP contribution < -0.4 is 0 Å². The molecule has 1 aliphatic rings. The Hall–Kier alpha value is -0.370. The maximum Gasteiger partial charge on any atom is 0.143 e. The van der Waals surface area contributed by atoms with Crippen LogP contribution in [0.15, 0.2) is 0 Å². The monoisotopic (exact) mass is 170 g/mol. The van der Waals surface area contributed by atoms with Crippen molar-refractivity contribution in [3.63, 3.8) is 0 Å². The second kappa shape index (κ2) is 3.17. The molecular formula is C10H18O2. The number of hydrogen-bond donors (Lipinski definition) is 1. The number of aliphatic hydroxyl groups is 1. The quantitative estimate of drug-likeness (QED) is 0.651. The van der Waals surface area contributed by atoms with Crippen LogP contribution >= 0.6 is 0 Å². The van der Waals surface area contributed by atoms with E-state index in [0.29, 0.717) is 0 Å². The lowest BCUT2D eigenvalue weighted by atomic mass is 9.81. The summed E-state index contributed by atoms with van der Waals surface area (Å²) in [5.41, 5.74) is -0.296. The second-order valence-electron chi connectivity index (χ2n) is 4.72. The molecule has 0 aromatic rings. The summed E-state index contributed by atoms with van der Waals surface area (Å²) in [6, 6.07) is 0. The van der Waals surface area contributed by atoms with Crippen LogP contribution in [0.25, 0.3) is 0 Å². The average molecular weight is 170 g/mol. The van der Waals surface area contributed by atoms with E-state index in [-0.39, 0.29) is 23.2 Å². The van der Waals surface area contributed by atoms with E-state index >= 15 is 0 Å². The summed E-state index contributed by atoms with van der Waals surface area (Å²) in [5.74, 6) is 0.123. The predicted octanol–water partition coefficient (Wildman–Crippen LogP) is 1.76. The number of Topliss-reactive ketones (excluding diaryl/α,β-unsaturated/α-hetero) is 1. The summed E-state index contributed by atoms with van der Waals surface area (Å²) in [6.45, 7) is 5.75. The maximum atomic E-state index is 11.7. The Labute approximate surface area is 74.0 Å². The maximum absolute atomic E-state index is 11.7. The van der Waals surface area contributed by atoms with Crippen molar-refractivity contribution in [2.24, 2.45) is 11.3 Å². The number of ketones is 1. The molecule has 1 saturated carbocycles. The molecule has 1 N–H and O–H groups in total. The highest BCUT2D eigenvalue weighted by molar-refractivity contribution is 5.86. The van der Waals surface area contributed by atoms with Gasteiger partial charge in [0.1, 0.15) is 5.78 Å². The molecule has 0 bridgehead atoms. The molecule has 0 aliphatic heterocycles. The van der Waals surface area contributed by atoms with E-state index in [1.54, 1.807) is 0 Å². The van der Waals surface area contributed by atoms with E-state index in [9.17, 15) is 9.90 Å². The molecule has 0 unspecified atom stereocenters. The fourth-order valence-electron chi connectivity index (χ4n) is 1.80. The van der Waals surface area contributed by atoms with Gasteiger partial charge in [0.25, 0.3) is 0 Å². The van der Waals surface area contributed by atoms with Crippen molar-refractivity contribution in [1.82, 2.24) is 0 Å². The van der Waals surface area contributed by atoms with Gasteiger partial charge in [0.15, 0.2) is 0 Å². The molecule has 2 atom stereocenters. The normalized spacial score (nSPS) is 30.7. The molecule has 1 fully saturated rings. The van der Waals surface area contributed by atoms with Crippen LogP contribution in [0, 0.1) is 11.3 Å². The molecule has 2 heteroatoms. The van der Waals surface area contributed by atoms with Crippen LogP contribution in [-0.2, 0) is 4.79 Å². The summed E-state index contributed by atoms with van der Waals surface area (Å²) >= 11 is 0. The Morgan fingerprint density at radius 1 is 1.33 bits per heavy atom. The van der Waals surface area contributed by atoms with E-state index in [1.807, 2.05) is 20.8 Å². The first-order valence-electron chi connectivity index (χ1n) is 4.65. The van der Waals surface area contributed by atoms with Crippen molar-refractivity contribution in [3.8, 4) is 0 Å². The zero-order chi connectivity index (χ0) is 9.35. The van der Waals surface area contributed by atoms with Crippen molar-refractivity contribution < 1.29 is 9.90 Å². The van der Waals surface area contributed by atoms with Gasteiger partial charge >= 0.3 is 0 Å². The first kappa shape index (κ1) is 9.72. The van der Waals surface area contributed by atoms with Crippen molar-refractivity contribution in [3.05, 3.63) is 0 Å². The number of carbonyl (C=O) groups excluding carboxylic acids is 1.